The smallest absolute Gasteiger partial charge is 0.248 e. The number of rotatable bonds is 12. The summed E-state index contributed by atoms with van der Waals surface area (Å²) in [6, 6.07) is 14.4. The van der Waals surface area contributed by atoms with Gasteiger partial charge in [-0.3, -0.25) is 10.0 Å². The topological polar surface area (TPSA) is 102 Å². The number of hydrogen-bond acceptors (Lipinski definition) is 6. The van der Waals surface area contributed by atoms with Gasteiger partial charge in [0.05, 0.1) is 30.3 Å². The molecule has 0 aliphatic carbocycles. The van der Waals surface area contributed by atoms with Crippen molar-refractivity contribution in [1.82, 2.24) is 5.48 Å². The van der Waals surface area contributed by atoms with Crippen LogP contribution < -0.4 is 15.0 Å². The van der Waals surface area contributed by atoms with Crippen LogP contribution in [0.15, 0.2) is 53.4 Å². The number of unbranched alkanes of at least 4 members (excludes halogenated alkanes) is 1. The average Bonchev–Trinajstić information content (AvgIpc) is 2.80. The molecule has 0 fully saturated rings. The van der Waals surface area contributed by atoms with Gasteiger partial charge in [-0.15, -0.1) is 0 Å². The maximum atomic E-state index is 13.7. The lowest BCUT2D eigenvalue weighted by molar-refractivity contribution is -0.134. The average molecular weight is 464 g/mol. The molecule has 2 N–H and O–H groups in total. The van der Waals surface area contributed by atoms with Gasteiger partial charge in [0, 0.05) is 6.07 Å². The molecule has 0 aliphatic heterocycles. The predicted octanol–water partition coefficient (Wildman–Crippen LogP) is 4.04. The van der Waals surface area contributed by atoms with E-state index in [4.69, 9.17) is 9.47 Å². The minimum absolute atomic E-state index is 0.0552. The summed E-state index contributed by atoms with van der Waals surface area (Å²) in [4.78, 5) is 12.5. The minimum atomic E-state index is -3.91. The number of ether oxygens (including phenoxy) is 2. The number of sulfone groups is 1. The zero-order valence-electron chi connectivity index (χ0n) is 19.1. The number of nitrogens with one attached hydrogen (secondary N) is 1. The van der Waals surface area contributed by atoms with Gasteiger partial charge in [0.1, 0.15) is 0 Å². The van der Waals surface area contributed by atoms with Gasteiger partial charge in [0.25, 0.3) is 0 Å². The van der Waals surface area contributed by atoms with Crippen LogP contribution in [0.3, 0.4) is 0 Å². The molecule has 1 amide bonds. The van der Waals surface area contributed by atoms with E-state index < -0.39 is 26.9 Å². The van der Waals surface area contributed by atoms with Crippen LogP contribution in [0.25, 0.3) is 0 Å². The molecule has 0 saturated heterocycles. The van der Waals surface area contributed by atoms with Crippen molar-refractivity contribution in [3.05, 3.63) is 54.1 Å². The molecule has 0 bridgehead atoms. The standard InChI is InChI=1S/C24H33NO6S/c1-17(2)23(24(26)25-27)22(13-9-8-12-18-10-6-5-7-11-18)32(28,29)19-14-15-20(30-3)21(16-19)31-4/h5-7,10-11,14-17,22-23,27H,8-9,12-13H2,1-4H3,(H,25,26)/t22-,23-/m1/s1. The molecule has 0 radical (unpaired) electrons. The van der Waals surface area contributed by atoms with Gasteiger partial charge in [0.2, 0.25) is 5.91 Å². The summed E-state index contributed by atoms with van der Waals surface area (Å²) in [7, 11) is -1.00. The number of hydroxylamine groups is 1. The van der Waals surface area contributed by atoms with Crippen molar-refractivity contribution in [2.75, 3.05) is 14.2 Å². The molecule has 0 unspecified atom stereocenters. The van der Waals surface area contributed by atoms with Crippen molar-refractivity contribution in [1.29, 1.82) is 0 Å². The van der Waals surface area contributed by atoms with E-state index in [1.807, 2.05) is 30.3 Å². The third-order valence-corrected chi connectivity index (χ3v) is 7.90. The van der Waals surface area contributed by atoms with Crippen molar-refractivity contribution < 1.29 is 27.9 Å². The number of methoxy groups -OCH3 is 2. The van der Waals surface area contributed by atoms with Crippen molar-refractivity contribution in [3.63, 3.8) is 0 Å². The quantitative estimate of drug-likeness (QED) is 0.280. The van der Waals surface area contributed by atoms with Crippen LogP contribution in [-0.4, -0.2) is 39.0 Å². The molecule has 2 aromatic carbocycles. The Morgan fingerprint density at radius 1 is 1.00 bits per heavy atom. The second-order valence-electron chi connectivity index (χ2n) is 8.08. The zero-order valence-corrected chi connectivity index (χ0v) is 19.9. The maximum absolute atomic E-state index is 13.7. The van der Waals surface area contributed by atoms with Gasteiger partial charge in [-0.1, -0.05) is 50.6 Å². The number of hydrogen-bond donors (Lipinski definition) is 2. The largest absolute Gasteiger partial charge is 0.493 e. The van der Waals surface area contributed by atoms with E-state index in [2.05, 4.69) is 0 Å². The van der Waals surface area contributed by atoms with Crippen molar-refractivity contribution in [3.8, 4) is 11.5 Å². The summed E-state index contributed by atoms with van der Waals surface area (Å²) in [5, 5.41) is 8.28. The van der Waals surface area contributed by atoms with E-state index >= 15 is 0 Å². The molecule has 2 atom stereocenters. The lowest BCUT2D eigenvalue weighted by Gasteiger charge is -2.28. The molecule has 2 rings (SSSR count). The Balaban J connectivity index is 2.34. The van der Waals surface area contributed by atoms with Crippen molar-refractivity contribution in [2.24, 2.45) is 11.8 Å². The second kappa shape index (κ2) is 11.9. The molecule has 2 aromatic rings. The highest BCUT2D eigenvalue weighted by atomic mass is 32.2. The highest BCUT2D eigenvalue weighted by Crippen LogP contribution is 2.35. The number of carbonyl (C=O) groups is 1. The maximum Gasteiger partial charge on any atom is 0.248 e. The van der Waals surface area contributed by atoms with Crippen LogP contribution in [0.2, 0.25) is 0 Å². The van der Waals surface area contributed by atoms with E-state index in [9.17, 15) is 18.4 Å². The predicted molar refractivity (Wildman–Crippen MR) is 123 cm³/mol. The van der Waals surface area contributed by atoms with Crippen molar-refractivity contribution >= 4 is 15.7 Å². The van der Waals surface area contributed by atoms with Gasteiger partial charge in [-0.25, -0.2) is 13.9 Å². The first-order valence-corrected chi connectivity index (χ1v) is 12.2. The van der Waals surface area contributed by atoms with Crippen LogP contribution in [0.1, 0.15) is 38.7 Å². The van der Waals surface area contributed by atoms with E-state index in [1.165, 1.54) is 38.0 Å². The fourth-order valence-corrected chi connectivity index (χ4v) is 6.17. The summed E-state index contributed by atoms with van der Waals surface area (Å²) in [6.07, 6.45) is 2.52. The molecule has 176 valence electrons. The van der Waals surface area contributed by atoms with Crippen LogP contribution in [-0.2, 0) is 21.1 Å². The van der Waals surface area contributed by atoms with Gasteiger partial charge in [-0.05, 0) is 42.9 Å². The summed E-state index contributed by atoms with van der Waals surface area (Å²) >= 11 is 0. The van der Waals surface area contributed by atoms with Crippen LogP contribution in [0, 0.1) is 11.8 Å². The SMILES string of the molecule is COc1ccc(S(=O)(=O)[C@H](CCCCc2ccccc2)[C@H](C(=O)NO)C(C)C)cc1OC. The molecular weight excluding hydrogens is 430 g/mol. The van der Waals surface area contributed by atoms with E-state index in [0.29, 0.717) is 24.3 Å². The van der Waals surface area contributed by atoms with Crippen LogP contribution >= 0.6 is 0 Å². The van der Waals surface area contributed by atoms with Gasteiger partial charge >= 0.3 is 0 Å². The number of benzene rings is 2. The van der Waals surface area contributed by atoms with Crippen LogP contribution in [0.5, 0.6) is 11.5 Å². The fourth-order valence-electron chi connectivity index (χ4n) is 3.99. The Kier molecular flexibility index (Phi) is 9.53. The molecule has 0 aromatic heterocycles. The molecule has 7 nitrogen and oxygen atoms in total. The Hall–Kier alpha value is -2.58. The number of amides is 1. The summed E-state index contributed by atoms with van der Waals surface area (Å²) < 4.78 is 37.8. The summed E-state index contributed by atoms with van der Waals surface area (Å²) in [6.45, 7) is 3.56. The molecule has 8 heteroatoms. The summed E-state index contributed by atoms with van der Waals surface area (Å²) in [5.41, 5.74) is 2.84. The second-order valence-corrected chi connectivity index (χ2v) is 10.2. The van der Waals surface area contributed by atoms with Crippen molar-refractivity contribution in [2.45, 2.75) is 49.7 Å². The lowest BCUT2D eigenvalue weighted by Crippen LogP contribution is -2.43. The van der Waals surface area contributed by atoms with Gasteiger partial charge < -0.3 is 9.47 Å². The van der Waals surface area contributed by atoms with E-state index in [-0.39, 0.29) is 10.8 Å². The first-order chi connectivity index (χ1) is 15.3. The normalized spacial score (nSPS) is 13.4. The van der Waals surface area contributed by atoms with Crippen LogP contribution in [0.4, 0.5) is 0 Å². The Morgan fingerprint density at radius 2 is 1.66 bits per heavy atom. The number of carbonyl (C=O) groups excluding carboxylic acids is 1. The third kappa shape index (κ3) is 6.23. The van der Waals surface area contributed by atoms with Gasteiger partial charge in [0.15, 0.2) is 21.3 Å². The first-order valence-electron chi connectivity index (χ1n) is 10.7. The molecule has 0 heterocycles. The fraction of sp³-hybridized carbons (Fsp3) is 0.458. The zero-order chi connectivity index (χ0) is 23.7. The lowest BCUT2D eigenvalue weighted by atomic mass is 9.89. The minimum Gasteiger partial charge on any atom is -0.493 e. The molecule has 32 heavy (non-hydrogen) atoms. The Bertz CT molecular complexity index is 975. The molecule has 0 saturated carbocycles. The Labute approximate surface area is 190 Å². The highest BCUT2D eigenvalue weighted by Gasteiger charge is 2.40. The van der Waals surface area contributed by atoms with E-state index in [0.717, 1.165) is 12.8 Å². The monoisotopic (exact) mass is 463 g/mol. The summed E-state index contributed by atoms with van der Waals surface area (Å²) in [5.74, 6) is -1.19. The molecule has 0 aliphatic rings. The van der Waals surface area contributed by atoms with E-state index in [1.54, 1.807) is 19.3 Å². The number of aryl methyl sites for hydroxylation is 1. The molecular formula is C24H33NO6S. The molecule has 0 spiro atoms. The van der Waals surface area contributed by atoms with Gasteiger partial charge in [-0.2, -0.15) is 0 Å². The Morgan fingerprint density at radius 3 is 2.22 bits per heavy atom. The highest BCUT2D eigenvalue weighted by molar-refractivity contribution is 7.92. The first kappa shape index (κ1) is 25.7. The third-order valence-electron chi connectivity index (χ3n) is 5.66.